The van der Waals surface area contributed by atoms with Gasteiger partial charge < -0.3 is 9.80 Å². The van der Waals surface area contributed by atoms with Crippen molar-refractivity contribution in [2.24, 2.45) is 0 Å². The first-order chi connectivity index (χ1) is 6.24. The smallest absolute Gasteiger partial charge is 0.0303 e. The van der Waals surface area contributed by atoms with Crippen molar-refractivity contribution in [3.8, 4) is 0 Å². The van der Waals surface area contributed by atoms with Gasteiger partial charge in [0.1, 0.15) is 0 Å². The molecule has 0 unspecified atom stereocenters. The van der Waals surface area contributed by atoms with Gasteiger partial charge in [0.2, 0.25) is 0 Å². The number of piperazine rings is 1. The minimum absolute atomic E-state index is 1.05. The van der Waals surface area contributed by atoms with E-state index in [1.165, 1.54) is 5.70 Å². The zero-order valence-electron chi connectivity index (χ0n) is 8.63. The Morgan fingerprint density at radius 2 is 1.92 bits per heavy atom. The Balaban J connectivity index is 2.27. The van der Waals surface area contributed by atoms with Crippen molar-refractivity contribution in [1.82, 2.24) is 9.80 Å². The summed E-state index contributed by atoms with van der Waals surface area (Å²) in [6, 6.07) is 0. The first kappa shape index (κ1) is 10.3. The molecule has 2 heteroatoms. The molecule has 1 aliphatic heterocycles. The van der Waals surface area contributed by atoms with E-state index in [0.717, 1.165) is 39.0 Å². The van der Waals surface area contributed by atoms with E-state index in [4.69, 9.17) is 0 Å². The number of hydrogen-bond acceptors (Lipinski definition) is 2. The highest BCUT2D eigenvalue weighted by Crippen LogP contribution is 2.11. The van der Waals surface area contributed by atoms with E-state index in [1.807, 2.05) is 6.08 Å². The van der Waals surface area contributed by atoms with Gasteiger partial charge in [-0.2, -0.15) is 0 Å². The maximum atomic E-state index is 4.10. The summed E-state index contributed by atoms with van der Waals surface area (Å²) in [6.45, 7) is 12.4. The highest BCUT2D eigenvalue weighted by Gasteiger charge is 2.13. The van der Waals surface area contributed by atoms with Crippen molar-refractivity contribution in [2.75, 3.05) is 33.2 Å². The summed E-state index contributed by atoms with van der Waals surface area (Å²) in [7, 11) is 2.17. The van der Waals surface area contributed by atoms with Gasteiger partial charge in [0.25, 0.3) is 0 Å². The normalized spacial score (nSPS) is 18.7. The zero-order valence-corrected chi connectivity index (χ0v) is 8.63. The molecule has 2 nitrogen and oxygen atoms in total. The molecular weight excluding hydrogens is 160 g/mol. The maximum Gasteiger partial charge on any atom is 0.0303 e. The summed E-state index contributed by atoms with van der Waals surface area (Å²) in [4.78, 5) is 4.75. The van der Waals surface area contributed by atoms with Crippen molar-refractivity contribution in [2.45, 2.75) is 12.8 Å². The van der Waals surface area contributed by atoms with E-state index < -0.39 is 0 Å². The van der Waals surface area contributed by atoms with Crippen LogP contribution in [0.25, 0.3) is 0 Å². The maximum absolute atomic E-state index is 4.10. The number of rotatable bonds is 4. The van der Waals surface area contributed by atoms with Crippen LogP contribution in [0, 0.1) is 0 Å². The van der Waals surface area contributed by atoms with Crippen LogP contribution in [0.4, 0.5) is 0 Å². The number of nitrogens with zero attached hydrogens (tertiary/aromatic N) is 2. The summed E-state index contributed by atoms with van der Waals surface area (Å²) >= 11 is 0. The van der Waals surface area contributed by atoms with Gasteiger partial charge in [0, 0.05) is 31.9 Å². The average Bonchev–Trinajstić information content (AvgIpc) is 2.15. The predicted molar refractivity (Wildman–Crippen MR) is 57.6 cm³/mol. The molecule has 0 N–H and O–H groups in total. The van der Waals surface area contributed by atoms with Gasteiger partial charge in [-0.15, -0.1) is 6.58 Å². The average molecular weight is 180 g/mol. The fourth-order valence-electron chi connectivity index (χ4n) is 1.55. The summed E-state index contributed by atoms with van der Waals surface area (Å²) in [5.41, 5.74) is 1.27. The predicted octanol–water partition coefficient (Wildman–Crippen LogP) is 1.71. The molecule has 1 heterocycles. The van der Waals surface area contributed by atoms with Crippen LogP contribution in [-0.4, -0.2) is 43.0 Å². The van der Waals surface area contributed by atoms with Crippen LogP contribution in [0.1, 0.15) is 12.8 Å². The van der Waals surface area contributed by atoms with E-state index in [1.54, 1.807) is 0 Å². The Bertz CT molecular complexity index is 179. The molecule has 0 aliphatic carbocycles. The topological polar surface area (TPSA) is 6.48 Å². The molecule has 13 heavy (non-hydrogen) atoms. The monoisotopic (exact) mass is 180 g/mol. The molecule has 0 atom stereocenters. The highest BCUT2D eigenvalue weighted by atomic mass is 15.2. The van der Waals surface area contributed by atoms with E-state index >= 15 is 0 Å². The van der Waals surface area contributed by atoms with Crippen LogP contribution in [0.5, 0.6) is 0 Å². The molecular formula is C11H20N2. The molecule has 0 saturated carbocycles. The van der Waals surface area contributed by atoms with Crippen LogP contribution in [-0.2, 0) is 0 Å². The van der Waals surface area contributed by atoms with E-state index in [0.29, 0.717) is 0 Å². The van der Waals surface area contributed by atoms with Gasteiger partial charge in [-0.25, -0.2) is 0 Å². The first-order valence-corrected chi connectivity index (χ1v) is 4.96. The van der Waals surface area contributed by atoms with Crippen LogP contribution in [0.3, 0.4) is 0 Å². The standard InChI is InChI=1S/C11H20N2/c1-4-5-6-11(2)13-9-7-12(3)8-10-13/h4H,1-2,5-10H2,3H3. The lowest BCUT2D eigenvalue weighted by Gasteiger charge is -2.35. The van der Waals surface area contributed by atoms with Crippen molar-refractivity contribution < 1.29 is 0 Å². The van der Waals surface area contributed by atoms with E-state index in [2.05, 4.69) is 30.0 Å². The number of likely N-dealkylation sites (N-methyl/N-ethyl adjacent to an activating group) is 1. The summed E-state index contributed by atoms with van der Waals surface area (Å²) < 4.78 is 0. The molecule has 74 valence electrons. The Morgan fingerprint density at radius 1 is 1.31 bits per heavy atom. The lowest BCUT2D eigenvalue weighted by Crippen LogP contribution is -2.43. The molecule has 0 bridgehead atoms. The van der Waals surface area contributed by atoms with E-state index in [9.17, 15) is 0 Å². The third-order valence-electron chi connectivity index (χ3n) is 2.59. The summed E-state index contributed by atoms with van der Waals surface area (Å²) in [6.07, 6.45) is 4.07. The second kappa shape index (κ2) is 5.07. The lowest BCUT2D eigenvalue weighted by atomic mass is 10.2. The van der Waals surface area contributed by atoms with Crippen LogP contribution >= 0.6 is 0 Å². The van der Waals surface area contributed by atoms with Gasteiger partial charge in [-0.1, -0.05) is 12.7 Å². The van der Waals surface area contributed by atoms with Crippen LogP contribution in [0.15, 0.2) is 24.9 Å². The van der Waals surface area contributed by atoms with Gasteiger partial charge in [0.15, 0.2) is 0 Å². The fourth-order valence-corrected chi connectivity index (χ4v) is 1.55. The minimum atomic E-state index is 1.05. The molecule has 0 amide bonds. The second-order valence-corrected chi connectivity index (χ2v) is 3.68. The van der Waals surface area contributed by atoms with Crippen molar-refractivity contribution >= 4 is 0 Å². The third kappa shape index (κ3) is 3.23. The molecule has 0 aromatic heterocycles. The SMILES string of the molecule is C=CCCC(=C)N1CCN(C)CC1. The molecule has 1 rings (SSSR count). The Labute approximate surface area is 81.5 Å². The zero-order chi connectivity index (χ0) is 9.68. The molecule has 0 spiro atoms. The first-order valence-electron chi connectivity index (χ1n) is 4.96. The number of hydrogen-bond donors (Lipinski definition) is 0. The Kier molecular flexibility index (Phi) is 4.03. The van der Waals surface area contributed by atoms with Crippen LogP contribution < -0.4 is 0 Å². The largest absolute Gasteiger partial charge is 0.373 e. The van der Waals surface area contributed by atoms with E-state index in [-0.39, 0.29) is 0 Å². The minimum Gasteiger partial charge on any atom is -0.373 e. The van der Waals surface area contributed by atoms with Gasteiger partial charge in [-0.3, -0.25) is 0 Å². The molecule has 0 aromatic carbocycles. The van der Waals surface area contributed by atoms with Crippen molar-refractivity contribution in [1.29, 1.82) is 0 Å². The summed E-state index contributed by atoms with van der Waals surface area (Å²) in [5, 5.41) is 0. The lowest BCUT2D eigenvalue weighted by molar-refractivity contribution is 0.183. The Hall–Kier alpha value is -0.760. The number of allylic oxidation sites excluding steroid dienone is 2. The molecule has 0 radical (unpaired) electrons. The van der Waals surface area contributed by atoms with Crippen LogP contribution in [0.2, 0.25) is 0 Å². The summed E-state index contributed by atoms with van der Waals surface area (Å²) in [5.74, 6) is 0. The third-order valence-corrected chi connectivity index (χ3v) is 2.59. The Morgan fingerprint density at radius 3 is 2.46 bits per heavy atom. The molecule has 1 saturated heterocycles. The van der Waals surface area contributed by atoms with Gasteiger partial charge in [-0.05, 0) is 19.9 Å². The quantitative estimate of drug-likeness (QED) is 0.608. The second-order valence-electron chi connectivity index (χ2n) is 3.68. The van der Waals surface area contributed by atoms with Crippen molar-refractivity contribution in [3.63, 3.8) is 0 Å². The molecule has 1 aliphatic rings. The highest BCUT2D eigenvalue weighted by molar-refractivity contribution is 4.97. The fraction of sp³-hybridized carbons (Fsp3) is 0.636. The van der Waals surface area contributed by atoms with Gasteiger partial charge in [0.05, 0.1) is 0 Å². The van der Waals surface area contributed by atoms with Gasteiger partial charge >= 0.3 is 0 Å². The molecule has 0 aromatic rings. The van der Waals surface area contributed by atoms with Crippen molar-refractivity contribution in [3.05, 3.63) is 24.9 Å². The molecule has 1 fully saturated rings.